The molecule has 1 atom stereocenters. The number of carbonyl (C=O) groups excluding carboxylic acids is 1. The highest BCUT2D eigenvalue weighted by molar-refractivity contribution is 6.04. The predicted octanol–water partition coefficient (Wildman–Crippen LogP) is 2.19. The first-order valence-electron chi connectivity index (χ1n) is 4.23. The molecular formula is C10H12F2O3. The van der Waals surface area contributed by atoms with Crippen molar-refractivity contribution >= 4 is 11.8 Å². The highest BCUT2D eigenvalue weighted by Gasteiger charge is 2.12. The molecule has 0 amide bonds. The van der Waals surface area contributed by atoms with Crippen LogP contribution >= 0.6 is 0 Å². The van der Waals surface area contributed by atoms with Gasteiger partial charge in [0.05, 0.1) is 5.83 Å². The minimum absolute atomic E-state index is 0.0221. The third-order valence-electron chi connectivity index (χ3n) is 1.60. The molecule has 0 rings (SSSR count). The van der Waals surface area contributed by atoms with Crippen molar-refractivity contribution < 1.29 is 23.5 Å². The molecule has 0 fully saturated rings. The lowest BCUT2D eigenvalue weighted by molar-refractivity contribution is -0.139. The van der Waals surface area contributed by atoms with Crippen LogP contribution in [0.5, 0.6) is 0 Å². The topological polar surface area (TPSA) is 54.4 Å². The molecule has 84 valence electrons. The van der Waals surface area contributed by atoms with Crippen LogP contribution in [0.4, 0.5) is 8.78 Å². The summed E-state index contributed by atoms with van der Waals surface area (Å²) >= 11 is 0. The van der Waals surface area contributed by atoms with Crippen LogP contribution in [0.15, 0.2) is 24.1 Å². The minimum Gasteiger partial charge on any atom is -0.481 e. The second-order valence-electron chi connectivity index (χ2n) is 3.08. The Morgan fingerprint density at radius 1 is 1.53 bits per heavy atom. The van der Waals surface area contributed by atoms with E-state index in [0.29, 0.717) is 0 Å². The maximum absolute atomic E-state index is 12.9. The number of carboxylic acid groups (broad SMARTS) is 1. The van der Waals surface area contributed by atoms with Gasteiger partial charge in [0.15, 0.2) is 5.78 Å². The van der Waals surface area contributed by atoms with Crippen molar-refractivity contribution in [3.05, 3.63) is 24.1 Å². The number of aliphatic carboxylic acids is 1. The van der Waals surface area contributed by atoms with Crippen LogP contribution in [0, 0.1) is 0 Å². The van der Waals surface area contributed by atoms with E-state index < -0.39 is 36.6 Å². The van der Waals surface area contributed by atoms with Gasteiger partial charge in [-0.05, 0) is 18.6 Å². The summed E-state index contributed by atoms with van der Waals surface area (Å²) in [5, 5.41) is 8.30. The van der Waals surface area contributed by atoms with E-state index >= 15 is 0 Å². The molecule has 0 aromatic heterocycles. The smallest absolute Gasteiger partial charge is 0.311 e. The van der Waals surface area contributed by atoms with Gasteiger partial charge in [-0.15, -0.1) is 0 Å². The van der Waals surface area contributed by atoms with Crippen molar-refractivity contribution in [2.75, 3.05) is 0 Å². The molecule has 0 saturated heterocycles. The highest BCUT2D eigenvalue weighted by atomic mass is 19.1. The van der Waals surface area contributed by atoms with Crippen LogP contribution in [0.25, 0.3) is 0 Å². The number of Topliss-reactive ketones (excluding diaryl/α,β-unsaturated/α-hetero) is 1. The first kappa shape index (κ1) is 13.5. The third kappa shape index (κ3) is 6.54. The molecule has 0 bridgehead atoms. The summed E-state index contributed by atoms with van der Waals surface area (Å²) in [4.78, 5) is 21.2. The predicted molar refractivity (Wildman–Crippen MR) is 50.8 cm³/mol. The van der Waals surface area contributed by atoms with Gasteiger partial charge in [0.1, 0.15) is 12.6 Å². The SMILES string of the molecule is C=C(F)CC(F)/C=C(\C)C(=O)CC(=O)O. The van der Waals surface area contributed by atoms with E-state index in [0.717, 1.165) is 6.08 Å². The number of carbonyl (C=O) groups is 2. The monoisotopic (exact) mass is 218 g/mol. The molecule has 0 heterocycles. The zero-order chi connectivity index (χ0) is 12.0. The number of carboxylic acids is 1. The van der Waals surface area contributed by atoms with E-state index in [4.69, 9.17) is 5.11 Å². The van der Waals surface area contributed by atoms with Gasteiger partial charge >= 0.3 is 5.97 Å². The molecule has 0 aliphatic heterocycles. The van der Waals surface area contributed by atoms with Crippen LogP contribution in [0.3, 0.4) is 0 Å². The molecular weight excluding hydrogens is 206 g/mol. The molecule has 0 radical (unpaired) electrons. The fourth-order valence-corrected chi connectivity index (χ4v) is 0.912. The molecule has 0 aliphatic rings. The van der Waals surface area contributed by atoms with E-state index in [9.17, 15) is 18.4 Å². The Morgan fingerprint density at radius 3 is 2.47 bits per heavy atom. The largest absolute Gasteiger partial charge is 0.481 e. The summed E-state index contributed by atoms with van der Waals surface area (Å²) < 4.78 is 25.1. The minimum atomic E-state index is -1.65. The summed E-state index contributed by atoms with van der Waals surface area (Å²) in [7, 11) is 0. The Labute approximate surface area is 86.1 Å². The fraction of sp³-hybridized carbons (Fsp3) is 0.400. The highest BCUT2D eigenvalue weighted by Crippen LogP contribution is 2.12. The number of hydrogen-bond donors (Lipinski definition) is 1. The summed E-state index contributed by atoms with van der Waals surface area (Å²) in [6.45, 7) is 4.17. The summed E-state index contributed by atoms with van der Waals surface area (Å²) in [5.74, 6) is -2.79. The lowest BCUT2D eigenvalue weighted by Crippen LogP contribution is -2.09. The van der Waals surface area contributed by atoms with Gasteiger partial charge in [0.25, 0.3) is 0 Å². The van der Waals surface area contributed by atoms with Crippen molar-refractivity contribution in [1.29, 1.82) is 0 Å². The quantitative estimate of drug-likeness (QED) is 0.549. The van der Waals surface area contributed by atoms with Crippen LogP contribution in [0.1, 0.15) is 19.8 Å². The van der Waals surface area contributed by atoms with Crippen molar-refractivity contribution in [1.82, 2.24) is 0 Å². The molecule has 0 saturated carbocycles. The summed E-state index contributed by atoms with van der Waals surface area (Å²) in [5.41, 5.74) is -0.0221. The molecule has 0 aromatic carbocycles. The zero-order valence-corrected chi connectivity index (χ0v) is 8.30. The Bertz CT molecular complexity index is 308. The van der Waals surface area contributed by atoms with Gasteiger partial charge in [-0.3, -0.25) is 9.59 Å². The van der Waals surface area contributed by atoms with Gasteiger partial charge < -0.3 is 5.11 Å². The number of allylic oxidation sites excluding steroid dienone is 3. The van der Waals surface area contributed by atoms with Crippen LogP contribution in [-0.2, 0) is 9.59 Å². The number of rotatable bonds is 6. The molecule has 0 aromatic rings. The second kappa shape index (κ2) is 6.06. The second-order valence-corrected chi connectivity index (χ2v) is 3.08. The maximum Gasteiger partial charge on any atom is 0.311 e. The van der Waals surface area contributed by atoms with E-state index in [1.807, 2.05) is 0 Å². The lowest BCUT2D eigenvalue weighted by atomic mass is 10.1. The van der Waals surface area contributed by atoms with Crippen molar-refractivity contribution in [3.63, 3.8) is 0 Å². The summed E-state index contributed by atoms with van der Waals surface area (Å²) in [6.07, 6.45) is -1.96. The van der Waals surface area contributed by atoms with Crippen LogP contribution in [-0.4, -0.2) is 23.0 Å². The Morgan fingerprint density at radius 2 is 2.07 bits per heavy atom. The van der Waals surface area contributed by atoms with Crippen molar-refractivity contribution in [2.24, 2.45) is 0 Å². The number of ketones is 1. The maximum atomic E-state index is 12.9. The Balaban J connectivity index is 4.35. The van der Waals surface area contributed by atoms with Gasteiger partial charge in [-0.2, -0.15) is 0 Å². The van der Waals surface area contributed by atoms with Crippen LogP contribution < -0.4 is 0 Å². The molecule has 0 spiro atoms. The van der Waals surface area contributed by atoms with Crippen LogP contribution in [0.2, 0.25) is 0 Å². The zero-order valence-electron chi connectivity index (χ0n) is 8.30. The number of alkyl halides is 1. The van der Waals surface area contributed by atoms with E-state index in [1.54, 1.807) is 0 Å². The lowest BCUT2D eigenvalue weighted by Gasteiger charge is -2.02. The molecule has 5 heteroatoms. The van der Waals surface area contributed by atoms with Crippen molar-refractivity contribution in [3.8, 4) is 0 Å². The fourth-order valence-electron chi connectivity index (χ4n) is 0.912. The number of halogens is 2. The normalized spacial score (nSPS) is 13.4. The van der Waals surface area contributed by atoms with E-state index in [1.165, 1.54) is 6.92 Å². The van der Waals surface area contributed by atoms with Gasteiger partial charge in [-0.1, -0.05) is 6.58 Å². The van der Waals surface area contributed by atoms with Crippen molar-refractivity contribution in [2.45, 2.75) is 25.9 Å². The molecule has 3 nitrogen and oxygen atoms in total. The first-order valence-corrected chi connectivity index (χ1v) is 4.23. The average Bonchev–Trinajstić information content (AvgIpc) is 2.00. The standard InChI is InChI=1S/C10H12F2O3/c1-6(9(13)5-10(14)15)3-8(12)4-7(2)11/h3,8H,2,4-5H2,1H3,(H,14,15)/b6-3+. The first-order chi connectivity index (χ1) is 6.82. The number of hydrogen-bond acceptors (Lipinski definition) is 2. The Kier molecular flexibility index (Phi) is 5.44. The molecule has 15 heavy (non-hydrogen) atoms. The molecule has 0 aliphatic carbocycles. The Hall–Kier alpha value is -1.52. The van der Waals surface area contributed by atoms with Gasteiger partial charge in [0, 0.05) is 6.42 Å². The molecule has 1 N–H and O–H groups in total. The average molecular weight is 218 g/mol. The summed E-state index contributed by atoms with van der Waals surface area (Å²) in [6, 6.07) is 0. The third-order valence-corrected chi connectivity index (χ3v) is 1.60. The molecule has 1 unspecified atom stereocenters. The van der Waals surface area contributed by atoms with E-state index in [-0.39, 0.29) is 5.57 Å². The van der Waals surface area contributed by atoms with Gasteiger partial charge in [-0.25, -0.2) is 8.78 Å². The van der Waals surface area contributed by atoms with E-state index in [2.05, 4.69) is 6.58 Å². The van der Waals surface area contributed by atoms with Gasteiger partial charge in [0.2, 0.25) is 0 Å².